The van der Waals surface area contributed by atoms with Crippen LogP contribution >= 0.6 is 0 Å². The van der Waals surface area contributed by atoms with E-state index in [1.807, 2.05) is 6.92 Å². The molecule has 1 atom stereocenters. The number of aliphatic carboxylic acids is 1. The summed E-state index contributed by atoms with van der Waals surface area (Å²) in [4.78, 5) is 29.5. The zero-order valence-electron chi connectivity index (χ0n) is 11.7. The van der Waals surface area contributed by atoms with E-state index in [4.69, 9.17) is 4.42 Å². The largest absolute Gasteiger partial charge is 0.480 e. The van der Waals surface area contributed by atoms with Crippen molar-refractivity contribution in [3.8, 4) is 0 Å². The number of carboxylic acids is 1. The average molecular weight is 288 g/mol. The maximum atomic E-state index is 12.5. The summed E-state index contributed by atoms with van der Waals surface area (Å²) in [7, 11) is 0. The zero-order chi connectivity index (χ0) is 15.0. The van der Waals surface area contributed by atoms with Gasteiger partial charge in [-0.2, -0.15) is 0 Å². The molecule has 0 aliphatic carbocycles. The molecule has 0 bridgehead atoms. The summed E-state index contributed by atoms with van der Waals surface area (Å²) in [6.45, 7) is 2.30. The molecule has 110 valence electrons. The molecule has 2 aromatic rings. The number of nitrogens with zero attached hydrogens (tertiary/aromatic N) is 2. The summed E-state index contributed by atoms with van der Waals surface area (Å²) < 4.78 is 5.52. The molecule has 6 heteroatoms. The topological polar surface area (TPSA) is 83.6 Å². The van der Waals surface area contributed by atoms with Crippen LogP contribution in [0.3, 0.4) is 0 Å². The Hall–Kier alpha value is -2.37. The number of hydrogen-bond acceptors (Lipinski definition) is 4. The Morgan fingerprint density at radius 1 is 1.38 bits per heavy atom. The van der Waals surface area contributed by atoms with E-state index in [-0.39, 0.29) is 11.7 Å². The van der Waals surface area contributed by atoms with Crippen molar-refractivity contribution in [2.24, 2.45) is 0 Å². The third kappa shape index (κ3) is 2.49. The summed E-state index contributed by atoms with van der Waals surface area (Å²) in [5.41, 5.74) is 1.98. The average Bonchev–Trinajstić information content (AvgIpc) is 2.89. The normalized spacial score (nSPS) is 18.9. The highest BCUT2D eigenvalue weighted by atomic mass is 16.4. The number of amides is 1. The molecule has 1 amide bonds. The lowest BCUT2D eigenvalue weighted by molar-refractivity contribution is -0.143. The highest BCUT2D eigenvalue weighted by Crippen LogP contribution is 2.23. The van der Waals surface area contributed by atoms with Crippen LogP contribution < -0.4 is 0 Å². The first-order valence-electron chi connectivity index (χ1n) is 6.97. The Morgan fingerprint density at radius 2 is 2.19 bits per heavy atom. The van der Waals surface area contributed by atoms with Crippen molar-refractivity contribution in [2.75, 3.05) is 6.54 Å². The summed E-state index contributed by atoms with van der Waals surface area (Å²) in [6, 6.07) is 4.38. The van der Waals surface area contributed by atoms with Crippen LogP contribution in [0.5, 0.6) is 0 Å². The fraction of sp³-hybridized carbons (Fsp3) is 0.400. The molecule has 1 aliphatic rings. The van der Waals surface area contributed by atoms with Crippen molar-refractivity contribution in [1.29, 1.82) is 0 Å². The molecule has 3 rings (SSSR count). The number of aromatic nitrogens is 1. The summed E-state index contributed by atoms with van der Waals surface area (Å²) in [6.07, 6.45) is 2.12. The number of carbonyl (C=O) groups excluding carboxylic acids is 1. The number of hydrogen-bond donors (Lipinski definition) is 1. The number of aryl methyl sites for hydroxylation is 1. The standard InChI is InChI=1S/C15H16N2O4/c1-9-5-6-12-10(16-9)8-13(21-12)14(18)17-7-3-2-4-11(17)15(19)20/h5-6,8,11H,2-4,7H2,1H3,(H,19,20)/t11-/m0/s1. The Labute approximate surface area is 121 Å². The monoisotopic (exact) mass is 288 g/mol. The first-order chi connectivity index (χ1) is 10.1. The van der Waals surface area contributed by atoms with Crippen molar-refractivity contribution in [1.82, 2.24) is 9.88 Å². The molecular formula is C15H16N2O4. The van der Waals surface area contributed by atoms with E-state index in [1.54, 1.807) is 18.2 Å². The first-order valence-corrected chi connectivity index (χ1v) is 6.97. The zero-order valence-corrected chi connectivity index (χ0v) is 11.7. The van der Waals surface area contributed by atoms with Gasteiger partial charge in [-0.1, -0.05) is 0 Å². The first kappa shape index (κ1) is 13.6. The highest BCUT2D eigenvalue weighted by Gasteiger charge is 2.33. The van der Waals surface area contributed by atoms with Gasteiger partial charge in [0.25, 0.3) is 5.91 Å². The lowest BCUT2D eigenvalue weighted by Gasteiger charge is -2.32. The van der Waals surface area contributed by atoms with Crippen molar-refractivity contribution in [2.45, 2.75) is 32.2 Å². The number of pyridine rings is 1. The van der Waals surface area contributed by atoms with Gasteiger partial charge >= 0.3 is 5.97 Å². The maximum absolute atomic E-state index is 12.5. The quantitative estimate of drug-likeness (QED) is 0.916. The lowest BCUT2D eigenvalue weighted by atomic mass is 10.0. The third-order valence-electron chi connectivity index (χ3n) is 3.77. The fourth-order valence-electron chi connectivity index (χ4n) is 2.70. The van der Waals surface area contributed by atoms with E-state index in [2.05, 4.69) is 4.98 Å². The van der Waals surface area contributed by atoms with Gasteiger partial charge in [0.1, 0.15) is 11.6 Å². The Balaban J connectivity index is 1.93. The molecule has 21 heavy (non-hydrogen) atoms. The number of fused-ring (bicyclic) bond motifs is 1. The van der Waals surface area contributed by atoms with Crippen LogP contribution in [0, 0.1) is 6.92 Å². The van der Waals surface area contributed by atoms with Gasteiger partial charge < -0.3 is 14.4 Å². The van der Waals surface area contributed by atoms with E-state index < -0.39 is 12.0 Å². The van der Waals surface area contributed by atoms with Gasteiger partial charge in [-0.05, 0) is 38.3 Å². The number of furan rings is 1. The maximum Gasteiger partial charge on any atom is 0.326 e. The minimum Gasteiger partial charge on any atom is -0.480 e. The lowest BCUT2D eigenvalue weighted by Crippen LogP contribution is -2.47. The number of piperidine rings is 1. The highest BCUT2D eigenvalue weighted by molar-refractivity contribution is 5.97. The van der Waals surface area contributed by atoms with Crippen LogP contribution in [0.15, 0.2) is 22.6 Å². The molecule has 1 aliphatic heterocycles. The van der Waals surface area contributed by atoms with Crippen LogP contribution in [0.1, 0.15) is 35.5 Å². The number of carbonyl (C=O) groups is 2. The van der Waals surface area contributed by atoms with Crippen LogP contribution in [0.25, 0.3) is 11.1 Å². The Bertz CT molecular complexity index is 707. The van der Waals surface area contributed by atoms with E-state index in [1.165, 1.54) is 4.90 Å². The number of rotatable bonds is 2. The van der Waals surface area contributed by atoms with Crippen molar-refractivity contribution < 1.29 is 19.1 Å². The summed E-state index contributed by atoms with van der Waals surface area (Å²) in [5.74, 6) is -1.19. The molecule has 0 saturated carbocycles. The molecule has 1 N–H and O–H groups in total. The van der Waals surface area contributed by atoms with Gasteiger partial charge in [0.05, 0.1) is 0 Å². The predicted molar refractivity (Wildman–Crippen MR) is 75.1 cm³/mol. The van der Waals surface area contributed by atoms with Crippen molar-refractivity contribution >= 4 is 23.0 Å². The third-order valence-corrected chi connectivity index (χ3v) is 3.77. The molecule has 1 fully saturated rings. The second-order valence-electron chi connectivity index (χ2n) is 5.30. The molecule has 0 aromatic carbocycles. The van der Waals surface area contributed by atoms with Gasteiger partial charge in [-0.3, -0.25) is 4.79 Å². The van der Waals surface area contributed by atoms with Gasteiger partial charge in [0.15, 0.2) is 11.3 Å². The van der Waals surface area contributed by atoms with E-state index in [9.17, 15) is 14.7 Å². The Morgan fingerprint density at radius 3 is 2.95 bits per heavy atom. The minimum absolute atomic E-state index is 0.149. The minimum atomic E-state index is -0.965. The molecular weight excluding hydrogens is 272 g/mol. The Kier molecular flexibility index (Phi) is 3.37. The van der Waals surface area contributed by atoms with Crippen LogP contribution in [0.4, 0.5) is 0 Å². The van der Waals surface area contributed by atoms with E-state index in [0.29, 0.717) is 24.1 Å². The summed E-state index contributed by atoms with van der Waals surface area (Å²) >= 11 is 0. The van der Waals surface area contributed by atoms with Gasteiger partial charge in [-0.25, -0.2) is 9.78 Å². The second-order valence-corrected chi connectivity index (χ2v) is 5.30. The molecule has 0 spiro atoms. The molecule has 2 aromatic heterocycles. The van der Waals surface area contributed by atoms with Gasteiger partial charge in [0.2, 0.25) is 0 Å². The van der Waals surface area contributed by atoms with Crippen molar-refractivity contribution in [3.05, 3.63) is 29.7 Å². The van der Waals surface area contributed by atoms with Crippen LogP contribution in [0.2, 0.25) is 0 Å². The fourth-order valence-corrected chi connectivity index (χ4v) is 2.70. The molecule has 0 unspecified atom stereocenters. The molecule has 3 heterocycles. The second kappa shape index (κ2) is 5.20. The van der Waals surface area contributed by atoms with E-state index >= 15 is 0 Å². The van der Waals surface area contributed by atoms with E-state index in [0.717, 1.165) is 18.5 Å². The molecule has 6 nitrogen and oxygen atoms in total. The van der Waals surface area contributed by atoms with Crippen LogP contribution in [-0.4, -0.2) is 39.5 Å². The summed E-state index contributed by atoms with van der Waals surface area (Å²) in [5, 5.41) is 9.24. The van der Waals surface area contributed by atoms with Crippen molar-refractivity contribution in [3.63, 3.8) is 0 Å². The number of likely N-dealkylation sites (tertiary alicyclic amines) is 1. The predicted octanol–water partition coefficient (Wildman–Crippen LogP) is 2.22. The number of carboxylic acid groups (broad SMARTS) is 1. The van der Waals surface area contributed by atoms with Crippen LogP contribution in [-0.2, 0) is 4.79 Å². The molecule has 0 radical (unpaired) electrons. The SMILES string of the molecule is Cc1ccc2oc(C(=O)N3CCCC[C@H]3C(=O)O)cc2n1. The van der Waals surface area contributed by atoms with Gasteiger partial charge in [0, 0.05) is 18.3 Å². The molecule has 1 saturated heterocycles. The van der Waals surface area contributed by atoms with Gasteiger partial charge in [-0.15, -0.1) is 0 Å². The smallest absolute Gasteiger partial charge is 0.326 e.